The predicted octanol–water partition coefficient (Wildman–Crippen LogP) is 3.08. The third-order valence-electron chi connectivity index (χ3n) is 3.04. The average molecular weight is 342 g/mol. The summed E-state index contributed by atoms with van der Waals surface area (Å²) < 4.78 is 19.1. The van der Waals surface area contributed by atoms with E-state index in [1.807, 2.05) is 6.07 Å². The van der Waals surface area contributed by atoms with Gasteiger partial charge in [-0.2, -0.15) is 0 Å². The zero-order valence-electron chi connectivity index (χ0n) is 11.7. The van der Waals surface area contributed by atoms with Crippen LogP contribution in [0.3, 0.4) is 0 Å². The molecule has 4 nitrogen and oxygen atoms in total. The molecule has 2 aromatic rings. The maximum atomic E-state index is 5.57. The van der Waals surface area contributed by atoms with E-state index in [-0.39, 0.29) is 0 Å². The predicted molar refractivity (Wildman–Crippen MR) is 83.2 cm³/mol. The normalized spacial score (nSPS) is 11.3. The minimum Gasteiger partial charge on any atom is -0.382 e. The molecule has 20 heavy (non-hydrogen) atoms. The number of rotatable bonds is 9. The molecule has 1 aromatic carbocycles. The highest BCUT2D eigenvalue weighted by Crippen LogP contribution is 2.24. The van der Waals surface area contributed by atoms with Crippen LogP contribution in [0, 0.1) is 0 Å². The molecule has 0 radical (unpaired) electrons. The fourth-order valence-corrected chi connectivity index (χ4v) is 2.50. The quantitative estimate of drug-likeness (QED) is 0.657. The number of methoxy groups -OCH3 is 1. The van der Waals surface area contributed by atoms with Crippen molar-refractivity contribution < 1.29 is 14.2 Å². The summed E-state index contributed by atoms with van der Waals surface area (Å²) in [5, 5.41) is 1.23. The van der Waals surface area contributed by atoms with Crippen molar-refractivity contribution in [2.45, 2.75) is 6.54 Å². The topological polar surface area (TPSA) is 32.6 Å². The minimum absolute atomic E-state index is 0.612. The summed E-state index contributed by atoms with van der Waals surface area (Å²) >= 11 is 3.56. The molecule has 0 spiro atoms. The Kier molecular flexibility index (Phi) is 6.53. The second-order valence-electron chi connectivity index (χ2n) is 4.40. The van der Waals surface area contributed by atoms with E-state index in [0.717, 1.165) is 11.0 Å². The van der Waals surface area contributed by atoms with Gasteiger partial charge in [-0.25, -0.2) is 0 Å². The highest BCUT2D eigenvalue weighted by atomic mass is 79.9. The molecule has 0 unspecified atom stereocenters. The number of hydrogen-bond acceptors (Lipinski definition) is 3. The van der Waals surface area contributed by atoms with Crippen LogP contribution >= 0.6 is 15.9 Å². The van der Waals surface area contributed by atoms with Crippen molar-refractivity contribution in [3.63, 3.8) is 0 Å². The molecule has 1 aromatic heterocycles. The van der Waals surface area contributed by atoms with Crippen molar-refractivity contribution in [1.29, 1.82) is 0 Å². The molecule has 1 heterocycles. The lowest BCUT2D eigenvalue weighted by Gasteiger charge is -2.08. The molecule has 110 valence electrons. The van der Waals surface area contributed by atoms with Crippen molar-refractivity contribution in [3.8, 4) is 0 Å². The molecule has 0 bridgehead atoms. The highest BCUT2D eigenvalue weighted by molar-refractivity contribution is 9.10. The van der Waals surface area contributed by atoms with Gasteiger partial charge < -0.3 is 18.8 Å². The molecule has 0 fully saturated rings. The summed E-state index contributed by atoms with van der Waals surface area (Å²) in [5.41, 5.74) is 1.22. The van der Waals surface area contributed by atoms with Gasteiger partial charge in [0.05, 0.1) is 33.0 Å². The van der Waals surface area contributed by atoms with Crippen molar-refractivity contribution >= 4 is 26.8 Å². The Morgan fingerprint density at radius 1 is 1.00 bits per heavy atom. The van der Waals surface area contributed by atoms with Crippen LogP contribution in [0.5, 0.6) is 0 Å². The molecule has 0 aliphatic rings. The summed E-state index contributed by atoms with van der Waals surface area (Å²) in [4.78, 5) is 0. The molecule has 0 saturated carbocycles. The third-order valence-corrected chi connectivity index (χ3v) is 3.73. The second kappa shape index (κ2) is 8.42. The van der Waals surface area contributed by atoms with Crippen LogP contribution in [0.2, 0.25) is 0 Å². The number of nitrogens with zero attached hydrogens (tertiary/aromatic N) is 1. The lowest BCUT2D eigenvalue weighted by atomic mass is 10.2. The van der Waals surface area contributed by atoms with E-state index in [2.05, 4.69) is 44.9 Å². The van der Waals surface area contributed by atoms with Gasteiger partial charge in [-0.05, 0) is 18.2 Å². The highest BCUT2D eigenvalue weighted by Gasteiger charge is 2.03. The number of fused-ring (bicyclic) bond motifs is 1. The molecule has 0 atom stereocenters. The van der Waals surface area contributed by atoms with Crippen molar-refractivity contribution in [2.75, 3.05) is 40.1 Å². The first-order valence-corrected chi connectivity index (χ1v) is 7.50. The van der Waals surface area contributed by atoms with E-state index < -0.39 is 0 Å². The van der Waals surface area contributed by atoms with E-state index in [4.69, 9.17) is 14.2 Å². The number of benzene rings is 1. The van der Waals surface area contributed by atoms with Gasteiger partial charge in [0.25, 0.3) is 0 Å². The maximum absolute atomic E-state index is 5.57. The third kappa shape index (κ3) is 4.31. The number of hydrogen-bond donors (Lipinski definition) is 0. The average Bonchev–Trinajstić information content (AvgIpc) is 2.87. The van der Waals surface area contributed by atoms with Crippen molar-refractivity contribution in [3.05, 3.63) is 34.9 Å². The standard InChI is InChI=1S/C15H20BrNO3/c1-18-9-10-20-12-11-19-8-7-17-6-5-13-14(16)3-2-4-15(13)17/h2-6H,7-12H2,1H3. The molecular weight excluding hydrogens is 322 g/mol. The van der Waals surface area contributed by atoms with Crippen LogP contribution in [-0.4, -0.2) is 44.7 Å². The number of halogens is 1. The van der Waals surface area contributed by atoms with Gasteiger partial charge in [0.1, 0.15) is 0 Å². The monoisotopic (exact) mass is 341 g/mol. The molecule has 0 N–H and O–H groups in total. The summed E-state index contributed by atoms with van der Waals surface area (Å²) in [6, 6.07) is 8.34. The largest absolute Gasteiger partial charge is 0.382 e. The summed E-state index contributed by atoms with van der Waals surface area (Å²) in [7, 11) is 1.67. The SMILES string of the molecule is COCCOCCOCCn1ccc2c(Br)cccc21. The van der Waals surface area contributed by atoms with Gasteiger partial charge in [-0.3, -0.25) is 0 Å². The van der Waals surface area contributed by atoms with E-state index in [1.54, 1.807) is 7.11 Å². The summed E-state index contributed by atoms with van der Waals surface area (Å²) in [6.45, 7) is 4.01. The summed E-state index contributed by atoms with van der Waals surface area (Å²) in [6.07, 6.45) is 2.09. The molecule has 0 amide bonds. The molecule has 5 heteroatoms. The van der Waals surface area contributed by atoms with Crippen LogP contribution in [0.15, 0.2) is 34.9 Å². The first kappa shape index (κ1) is 15.5. The molecular formula is C15H20BrNO3. The number of aromatic nitrogens is 1. The van der Waals surface area contributed by atoms with Crippen LogP contribution in [-0.2, 0) is 20.8 Å². The van der Waals surface area contributed by atoms with E-state index in [9.17, 15) is 0 Å². The van der Waals surface area contributed by atoms with Crippen LogP contribution < -0.4 is 0 Å². The Balaban J connectivity index is 1.70. The fraction of sp³-hybridized carbons (Fsp3) is 0.467. The zero-order valence-corrected chi connectivity index (χ0v) is 13.3. The first-order chi connectivity index (χ1) is 9.83. The zero-order chi connectivity index (χ0) is 14.2. The Bertz CT molecular complexity index is 527. The van der Waals surface area contributed by atoms with Crippen LogP contribution in [0.25, 0.3) is 10.9 Å². The van der Waals surface area contributed by atoms with Gasteiger partial charge in [-0.1, -0.05) is 22.0 Å². The first-order valence-electron chi connectivity index (χ1n) is 6.70. The number of ether oxygens (including phenoxy) is 3. The van der Waals surface area contributed by atoms with Gasteiger partial charge in [-0.15, -0.1) is 0 Å². The van der Waals surface area contributed by atoms with Gasteiger partial charge in [0, 0.05) is 35.2 Å². The van der Waals surface area contributed by atoms with Crippen LogP contribution in [0.4, 0.5) is 0 Å². The van der Waals surface area contributed by atoms with E-state index in [1.165, 1.54) is 10.9 Å². The molecule has 0 saturated heterocycles. The van der Waals surface area contributed by atoms with Gasteiger partial charge >= 0.3 is 0 Å². The maximum Gasteiger partial charge on any atom is 0.0701 e. The lowest BCUT2D eigenvalue weighted by Crippen LogP contribution is -2.11. The smallest absolute Gasteiger partial charge is 0.0701 e. The van der Waals surface area contributed by atoms with E-state index >= 15 is 0 Å². The molecule has 0 aliphatic heterocycles. The Hall–Kier alpha value is -0.880. The Morgan fingerprint density at radius 2 is 1.75 bits per heavy atom. The molecule has 0 aliphatic carbocycles. The fourth-order valence-electron chi connectivity index (χ4n) is 2.01. The minimum atomic E-state index is 0.612. The Labute approximate surface area is 127 Å². The van der Waals surface area contributed by atoms with Crippen LogP contribution in [0.1, 0.15) is 0 Å². The van der Waals surface area contributed by atoms with Crippen molar-refractivity contribution in [2.24, 2.45) is 0 Å². The van der Waals surface area contributed by atoms with E-state index in [0.29, 0.717) is 33.0 Å². The Morgan fingerprint density at radius 3 is 2.55 bits per heavy atom. The lowest BCUT2D eigenvalue weighted by molar-refractivity contribution is 0.0232. The van der Waals surface area contributed by atoms with Crippen molar-refractivity contribution in [1.82, 2.24) is 4.57 Å². The second-order valence-corrected chi connectivity index (χ2v) is 5.25. The molecule has 2 rings (SSSR count). The van der Waals surface area contributed by atoms with Gasteiger partial charge in [0.15, 0.2) is 0 Å². The van der Waals surface area contributed by atoms with Gasteiger partial charge in [0.2, 0.25) is 0 Å². The summed E-state index contributed by atoms with van der Waals surface area (Å²) in [5.74, 6) is 0.